The second-order valence-corrected chi connectivity index (χ2v) is 7.85. The fourth-order valence-electron chi connectivity index (χ4n) is 4.07. The highest BCUT2D eigenvalue weighted by Gasteiger charge is 2.23. The summed E-state index contributed by atoms with van der Waals surface area (Å²) in [6.07, 6.45) is 3.13. The Balaban J connectivity index is 0.000000230. The normalized spacial score (nSPS) is 11.6. The number of nitrogens with zero attached hydrogens (tertiary/aromatic N) is 2. The molecular weight excluding hydrogens is 368 g/mol. The van der Waals surface area contributed by atoms with Crippen LogP contribution in [-0.4, -0.2) is 9.55 Å². The van der Waals surface area contributed by atoms with Crippen molar-refractivity contribution in [3.63, 3.8) is 0 Å². The monoisotopic (exact) mass is 396 g/mol. The molecule has 0 bridgehead atoms. The summed E-state index contributed by atoms with van der Waals surface area (Å²) >= 11 is 0. The van der Waals surface area contributed by atoms with Crippen molar-refractivity contribution in [2.24, 2.45) is 0 Å². The van der Waals surface area contributed by atoms with Gasteiger partial charge in [0.15, 0.2) is 0 Å². The Hall–Kier alpha value is -3.20. The average Bonchev–Trinajstić information content (AvgIpc) is 3.14. The Morgan fingerprint density at radius 3 is 2.40 bits per heavy atom. The molecule has 1 aliphatic rings. The summed E-state index contributed by atoms with van der Waals surface area (Å²) in [6.45, 7) is 6.88. The third-order valence-corrected chi connectivity index (χ3v) is 5.79. The summed E-state index contributed by atoms with van der Waals surface area (Å²) in [4.78, 5) is 17.5. The number of pyridine rings is 2. The molecule has 0 saturated heterocycles. The van der Waals surface area contributed by atoms with Gasteiger partial charge in [-0.2, -0.15) is 0 Å². The van der Waals surface area contributed by atoms with E-state index in [-0.39, 0.29) is 5.56 Å². The van der Waals surface area contributed by atoms with Gasteiger partial charge in [-0.3, -0.25) is 4.79 Å². The van der Waals surface area contributed by atoms with Crippen LogP contribution < -0.4 is 5.56 Å². The van der Waals surface area contributed by atoms with E-state index >= 15 is 0 Å². The van der Waals surface area contributed by atoms with E-state index < -0.39 is 0 Å². The summed E-state index contributed by atoms with van der Waals surface area (Å²) < 4.78 is 1.87. The van der Waals surface area contributed by atoms with Gasteiger partial charge in [0.1, 0.15) is 0 Å². The van der Waals surface area contributed by atoms with Gasteiger partial charge in [-0.15, -0.1) is 0 Å². The number of rotatable bonds is 3. The van der Waals surface area contributed by atoms with Gasteiger partial charge >= 0.3 is 0 Å². The number of benzene rings is 2. The van der Waals surface area contributed by atoms with Gasteiger partial charge in [-0.05, 0) is 49.1 Å². The highest BCUT2D eigenvalue weighted by Crippen LogP contribution is 2.32. The molecule has 0 N–H and O–H groups in total. The number of aromatic nitrogens is 2. The van der Waals surface area contributed by atoms with E-state index in [0.29, 0.717) is 6.54 Å². The number of hydrogen-bond acceptors (Lipinski definition) is 2. The quantitative estimate of drug-likeness (QED) is 0.378. The summed E-state index contributed by atoms with van der Waals surface area (Å²) in [6, 6.07) is 22.9. The van der Waals surface area contributed by atoms with E-state index in [1.54, 1.807) is 0 Å². The van der Waals surface area contributed by atoms with Crippen LogP contribution >= 0.6 is 0 Å². The largest absolute Gasteiger partial charge is 0.302 e. The van der Waals surface area contributed by atoms with Crippen LogP contribution in [0.3, 0.4) is 0 Å². The van der Waals surface area contributed by atoms with Crippen LogP contribution in [0.5, 0.6) is 0 Å². The van der Waals surface area contributed by atoms with Crippen LogP contribution in [-0.2, 0) is 19.4 Å². The van der Waals surface area contributed by atoms with Gasteiger partial charge in [0.2, 0.25) is 0 Å². The molecule has 0 atom stereocenters. The van der Waals surface area contributed by atoms with Gasteiger partial charge < -0.3 is 4.57 Å². The van der Waals surface area contributed by atoms with Crippen LogP contribution in [0.4, 0.5) is 0 Å². The average molecular weight is 397 g/mol. The van der Waals surface area contributed by atoms with Crippen molar-refractivity contribution in [1.29, 1.82) is 0 Å². The van der Waals surface area contributed by atoms with Crippen LogP contribution in [0.2, 0.25) is 0 Å². The lowest BCUT2D eigenvalue weighted by molar-refractivity contribution is 0.782. The Kier molecular flexibility index (Phi) is 5.80. The molecule has 0 radical (unpaired) electrons. The fraction of sp³-hybridized carbons (Fsp3) is 0.259. The van der Waals surface area contributed by atoms with E-state index in [2.05, 4.69) is 56.3 Å². The van der Waals surface area contributed by atoms with Crippen LogP contribution in [0.15, 0.2) is 71.5 Å². The molecule has 2 aromatic heterocycles. The molecule has 0 saturated carbocycles. The lowest BCUT2D eigenvalue weighted by atomic mass is 10.0. The van der Waals surface area contributed by atoms with Crippen molar-refractivity contribution in [3.8, 4) is 11.4 Å². The zero-order valence-electron chi connectivity index (χ0n) is 18.0. The minimum Gasteiger partial charge on any atom is -0.302 e. The van der Waals surface area contributed by atoms with Crippen molar-refractivity contribution in [3.05, 3.63) is 99.3 Å². The smallest absolute Gasteiger partial charge is 0.254 e. The van der Waals surface area contributed by atoms with Crippen LogP contribution in [0.1, 0.15) is 42.5 Å². The Labute approximate surface area is 178 Å². The summed E-state index contributed by atoms with van der Waals surface area (Å²) in [7, 11) is 0. The van der Waals surface area contributed by atoms with Gasteiger partial charge in [0.25, 0.3) is 5.56 Å². The van der Waals surface area contributed by atoms with Gasteiger partial charge in [0.05, 0.1) is 23.4 Å². The lowest BCUT2D eigenvalue weighted by Gasteiger charge is -2.09. The summed E-state index contributed by atoms with van der Waals surface area (Å²) in [5, 5.41) is 1.13. The molecule has 0 aliphatic carbocycles. The fourth-order valence-corrected chi connectivity index (χ4v) is 4.07. The molecule has 3 nitrogen and oxygen atoms in total. The van der Waals surface area contributed by atoms with E-state index in [1.807, 2.05) is 35.8 Å². The molecule has 3 heteroatoms. The molecule has 30 heavy (non-hydrogen) atoms. The summed E-state index contributed by atoms with van der Waals surface area (Å²) in [5.74, 6) is 0. The van der Waals surface area contributed by atoms with E-state index in [0.717, 1.165) is 58.2 Å². The molecule has 0 spiro atoms. The van der Waals surface area contributed by atoms with E-state index in [1.165, 1.54) is 5.56 Å². The molecule has 1 aliphatic heterocycles. The Morgan fingerprint density at radius 1 is 0.967 bits per heavy atom. The maximum Gasteiger partial charge on any atom is 0.254 e. The maximum atomic E-state index is 12.7. The predicted molar refractivity (Wildman–Crippen MR) is 125 cm³/mol. The van der Waals surface area contributed by atoms with Gasteiger partial charge in [-0.1, -0.05) is 68.8 Å². The zero-order chi connectivity index (χ0) is 21.1. The predicted octanol–water partition coefficient (Wildman–Crippen LogP) is 5.94. The number of para-hydroxylation sites is 1. The third-order valence-electron chi connectivity index (χ3n) is 5.79. The maximum absolute atomic E-state index is 12.7. The first kappa shape index (κ1) is 20.1. The highest BCUT2D eigenvalue weighted by atomic mass is 16.1. The molecule has 0 unspecified atom stereocenters. The standard InChI is InChI=1S/C19H18N2O.C8H10/c1-3-6-13-10-17-18-15(11-21(17)19(22)12(13)2)9-14-7-4-5-8-16(14)20-18;1-2-8-6-4-3-5-7-8/h4-5,7-10H,3,6,11H2,1-2H3;3-7H,2H2,1H3. The first-order valence-corrected chi connectivity index (χ1v) is 10.8. The molecule has 2 aromatic carbocycles. The molecule has 3 heterocycles. The molecule has 0 amide bonds. The van der Waals surface area contributed by atoms with Crippen molar-refractivity contribution < 1.29 is 0 Å². The first-order valence-electron chi connectivity index (χ1n) is 10.8. The second-order valence-electron chi connectivity index (χ2n) is 7.85. The number of fused-ring (bicyclic) bond motifs is 4. The lowest BCUT2D eigenvalue weighted by Crippen LogP contribution is -2.22. The van der Waals surface area contributed by atoms with E-state index in [4.69, 9.17) is 4.98 Å². The Bertz CT molecular complexity index is 1240. The van der Waals surface area contributed by atoms with E-state index in [9.17, 15) is 4.79 Å². The highest BCUT2D eigenvalue weighted by molar-refractivity contribution is 5.83. The van der Waals surface area contributed by atoms with Gasteiger partial charge in [-0.25, -0.2) is 4.98 Å². The molecule has 0 fully saturated rings. The third kappa shape index (κ3) is 3.80. The first-order chi connectivity index (χ1) is 14.6. The number of hydrogen-bond donors (Lipinski definition) is 0. The van der Waals surface area contributed by atoms with Crippen LogP contribution in [0, 0.1) is 6.92 Å². The molecule has 5 rings (SSSR count). The Morgan fingerprint density at radius 2 is 1.70 bits per heavy atom. The second kappa shape index (κ2) is 8.66. The minimum atomic E-state index is 0.128. The van der Waals surface area contributed by atoms with Crippen molar-refractivity contribution in [2.75, 3.05) is 0 Å². The topological polar surface area (TPSA) is 34.9 Å². The molecule has 152 valence electrons. The molecular formula is C27H28N2O. The van der Waals surface area contributed by atoms with Crippen molar-refractivity contribution in [2.45, 2.75) is 46.6 Å². The molecule has 4 aromatic rings. The SMILES string of the molecule is CCCc1cc2n(c(=O)c1C)Cc1cc3ccccc3nc1-2.CCc1ccccc1. The van der Waals surface area contributed by atoms with Crippen LogP contribution in [0.25, 0.3) is 22.3 Å². The summed E-state index contributed by atoms with van der Waals surface area (Å²) in [5.41, 5.74) is 7.64. The van der Waals surface area contributed by atoms with Crippen molar-refractivity contribution in [1.82, 2.24) is 9.55 Å². The zero-order valence-corrected chi connectivity index (χ0v) is 18.0. The van der Waals surface area contributed by atoms with Gasteiger partial charge in [0, 0.05) is 16.5 Å². The van der Waals surface area contributed by atoms with Crippen molar-refractivity contribution >= 4 is 10.9 Å². The minimum absolute atomic E-state index is 0.128. The number of aryl methyl sites for hydroxylation is 2.